The number of carbonyl (C=O) groups is 1. The molecular weight excluding hydrogens is 546 g/mol. The van der Waals surface area contributed by atoms with Crippen LogP contribution < -0.4 is 14.8 Å². The molecule has 3 fully saturated rings. The summed E-state index contributed by atoms with van der Waals surface area (Å²) in [5, 5.41) is 15.7. The molecule has 3 aliphatic carbocycles. The number of aliphatic hydroxyl groups is 1. The van der Waals surface area contributed by atoms with Crippen molar-refractivity contribution in [3.8, 4) is 11.5 Å². The van der Waals surface area contributed by atoms with Crippen LogP contribution in [0.15, 0.2) is 36.4 Å². The van der Waals surface area contributed by atoms with E-state index >= 15 is 0 Å². The fraction of sp³-hybridized carbons (Fsp3) is 0.718. The first-order valence-electron chi connectivity index (χ1n) is 18.3. The second kappa shape index (κ2) is 14.1. The van der Waals surface area contributed by atoms with E-state index in [0.29, 0.717) is 18.1 Å². The number of unbranched alkanes of at least 4 members (excludes halogenated alkanes) is 6. The SMILES string of the molecule is C=C(C/C=C/CCCCCCCC)CCCC(CC(=O)Oc1ccc2c3c1O[C@H]1CCC[C@@]4(O)C(C2)NCC[C@]314)CC1CC1. The molecule has 1 aromatic carbocycles. The molecule has 6 rings (SSSR count). The van der Waals surface area contributed by atoms with Crippen molar-refractivity contribution in [3.63, 3.8) is 0 Å². The van der Waals surface area contributed by atoms with Gasteiger partial charge < -0.3 is 19.9 Å². The van der Waals surface area contributed by atoms with Crippen molar-refractivity contribution in [3.05, 3.63) is 47.6 Å². The van der Waals surface area contributed by atoms with Crippen LogP contribution in [0.1, 0.15) is 140 Å². The second-order valence-corrected chi connectivity index (χ2v) is 14.9. The molecule has 1 saturated heterocycles. The van der Waals surface area contributed by atoms with Crippen LogP contribution in [-0.4, -0.2) is 35.4 Å². The highest BCUT2D eigenvalue weighted by atomic mass is 16.6. The maximum atomic E-state index is 13.4. The number of hydrogen-bond acceptors (Lipinski definition) is 5. The number of ether oxygens (including phenoxy) is 2. The summed E-state index contributed by atoms with van der Waals surface area (Å²) in [7, 11) is 0. The smallest absolute Gasteiger partial charge is 0.311 e. The minimum absolute atomic E-state index is 0.0409. The molecule has 1 spiro atoms. The van der Waals surface area contributed by atoms with Crippen LogP contribution in [0.5, 0.6) is 11.5 Å². The lowest BCUT2D eigenvalue weighted by Crippen LogP contribution is -2.74. The topological polar surface area (TPSA) is 67.8 Å². The molecule has 0 amide bonds. The Hall–Kier alpha value is -2.11. The van der Waals surface area contributed by atoms with Gasteiger partial charge in [0.1, 0.15) is 6.10 Å². The third-order valence-electron chi connectivity index (χ3n) is 11.7. The number of piperidine rings is 1. The zero-order valence-electron chi connectivity index (χ0n) is 27.3. The van der Waals surface area contributed by atoms with Crippen LogP contribution in [0.3, 0.4) is 0 Å². The molecule has 5 heteroatoms. The van der Waals surface area contributed by atoms with Gasteiger partial charge in [-0.3, -0.25) is 4.79 Å². The molecule has 1 aromatic rings. The van der Waals surface area contributed by atoms with Crippen LogP contribution in [0, 0.1) is 11.8 Å². The van der Waals surface area contributed by atoms with Gasteiger partial charge in [0.25, 0.3) is 0 Å². The van der Waals surface area contributed by atoms with Crippen molar-refractivity contribution in [1.82, 2.24) is 5.32 Å². The molecular formula is C39H57NO4. The Bertz CT molecular complexity index is 1200. The minimum atomic E-state index is -0.794. The van der Waals surface area contributed by atoms with E-state index in [2.05, 4.69) is 37.0 Å². The van der Waals surface area contributed by atoms with Crippen LogP contribution in [0.2, 0.25) is 0 Å². The normalized spacial score (nSPS) is 28.9. The van der Waals surface area contributed by atoms with Crippen LogP contribution in [-0.2, 0) is 16.6 Å². The average Bonchev–Trinajstić information content (AvgIpc) is 3.74. The predicted octanol–water partition coefficient (Wildman–Crippen LogP) is 8.65. The van der Waals surface area contributed by atoms with Crippen LogP contribution in [0.25, 0.3) is 0 Å². The number of allylic oxidation sites excluding steroid dienone is 3. The van der Waals surface area contributed by atoms with Gasteiger partial charge in [0, 0.05) is 18.0 Å². The standard InChI is InChI=1S/C39H57NO4/c1-3-4-5-6-7-8-9-10-11-14-28(2)15-12-16-30(25-29-18-19-29)26-35(41)43-32-21-20-31-27-33-39(42)22-13-17-34-38(39,23-24-40-33)36(31)37(32)44-34/h10-11,20-21,29-30,33-34,40,42H,2-9,12-19,22-27H2,1H3/b11-10+/t30?,33?,34-,38+,39+/m0/s1. The molecule has 5 nitrogen and oxygen atoms in total. The number of carbonyl (C=O) groups excluding carboxylic acids is 1. The maximum Gasteiger partial charge on any atom is 0.311 e. The fourth-order valence-electron chi connectivity index (χ4n) is 9.19. The number of hydrogen-bond donors (Lipinski definition) is 2. The molecule has 44 heavy (non-hydrogen) atoms. The van der Waals surface area contributed by atoms with Crippen LogP contribution >= 0.6 is 0 Å². The van der Waals surface area contributed by atoms with E-state index in [1.807, 2.05) is 6.07 Å². The van der Waals surface area contributed by atoms with Gasteiger partial charge in [-0.1, -0.05) is 82.2 Å². The van der Waals surface area contributed by atoms with Gasteiger partial charge in [-0.05, 0) is 107 Å². The summed E-state index contributed by atoms with van der Waals surface area (Å²) >= 11 is 0. The average molecular weight is 604 g/mol. The second-order valence-electron chi connectivity index (χ2n) is 14.9. The van der Waals surface area contributed by atoms with E-state index in [1.165, 1.54) is 68.9 Å². The highest BCUT2D eigenvalue weighted by molar-refractivity contribution is 5.75. The summed E-state index contributed by atoms with van der Waals surface area (Å²) in [4.78, 5) is 13.4. The van der Waals surface area contributed by atoms with Gasteiger partial charge in [-0.15, -0.1) is 0 Å². The highest BCUT2D eigenvalue weighted by Crippen LogP contribution is 2.64. The Balaban J connectivity index is 1.01. The molecule has 2 bridgehead atoms. The van der Waals surface area contributed by atoms with Crippen LogP contribution in [0.4, 0.5) is 0 Å². The number of rotatable bonds is 18. The Labute approximate surface area is 266 Å². The Morgan fingerprint density at radius 1 is 1.14 bits per heavy atom. The minimum Gasteiger partial charge on any atom is -0.485 e. The summed E-state index contributed by atoms with van der Waals surface area (Å²) in [5.41, 5.74) is 2.51. The monoisotopic (exact) mass is 603 g/mol. The van der Waals surface area contributed by atoms with Crippen molar-refractivity contribution < 1.29 is 19.4 Å². The van der Waals surface area contributed by atoms with Gasteiger partial charge in [0.05, 0.1) is 11.0 Å². The van der Waals surface area contributed by atoms with Gasteiger partial charge in [0.15, 0.2) is 11.5 Å². The molecule has 5 atom stereocenters. The van der Waals surface area contributed by atoms with Gasteiger partial charge >= 0.3 is 5.97 Å². The highest BCUT2D eigenvalue weighted by Gasteiger charge is 2.69. The molecule has 0 radical (unpaired) electrons. The number of esters is 1. The van der Waals surface area contributed by atoms with Crippen molar-refractivity contribution >= 4 is 5.97 Å². The molecule has 2 aliphatic heterocycles. The summed E-state index contributed by atoms with van der Waals surface area (Å²) in [6, 6.07) is 4.13. The number of nitrogens with one attached hydrogen (secondary N) is 1. The molecule has 2 heterocycles. The number of benzene rings is 1. The maximum absolute atomic E-state index is 13.4. The lowest BCUT2D eigenvalue weighted by atomic mass is 9.49. The summed E-state index contributed by atoms with van der Waals surface area (Å²) in [6.07, 6.45) is 26.6. The molecule has 2 unspecified atom stereocenters. The molecule has 0 aromatic heterocycles. The largest absolute Gasteiger partial charge is 0.485 e. The van der Waals surface area contributed by atoms with Crippen molar-refractivity contribution in [2.24, 2.45) is 11.8 Å². The lowest BCUT2D eigenvalue weighted by molar-refractivity contribution is -0.149. The van der Waals surface area contributed by atoms with E-state index in [-0.39, 0.29) is 23.5 Å². The van der Waals surface area contributed by atoms with E-state index in [9.17, 15) is 9.90 Å². The molecule has 2 saturated carbocycles. The third kappa shape index (κ3) is 6.56. The van der Waals surface area contributed by atoms with Crippen molar-refractivity contribution in [1.29, 1.82) is 0 Å². The zero-order chi connectivity index (χ0) is 30.6. The molecule has 5 aliphatic rings. The first-order chi connectivity index (χ1) is 21.4. The Kier molecular flexibility index (Phi) is 10.2. The molecule has 2 N–H and O–H groups in total. The van der Waals surface area contributed by atoms with Gasteiger partial charge in [0.2, 0.25) is 0 Å². The summed E-state index contributed by atoms with van der Waals surface area (Å²) in [5.74, 6) is 2.28. The lowest BCUT2D eigenvalue weighted by Gasteiger charge is -2.60. The first-order valence-corrected chi connectivity index (χ1v) is 18.3. The van der Waals surface area contributed by atoms with Crippen molar-refractivity contribution in [2.45, 2.75) is 159 Å². The fourth-order valence-corrected chi connectivity index (χ4v) is 9.19. The summed E-state index contributed by atoms with van der Waals surface area (Å²) in [6.45, 7) is 7.50. The van der Waals surface area contributed by atoms with E-state index in [4.69, 9.17) is 9.47 Å². The third-order valence-corrected chi connectivity index (χ3v) is 11.7. The predicted molar refractivity (Wildman–Crippen MR) is 177 cm³/mol. The Morgan fingerprint density at radius 3 is 2.82 bits per heavy atom. The van der Waals surface area contributed by atoms with Gasteiger partial charge in [-0.2, -0.15) is 0 Å². The van der Waals surface area contributed by atoms with E-state index in [1.54, 1.807) is 0 Å². The first kappa shape index (κ1) is 31.9. The zero-order valence-corrected chi connectivity index (χ0v) is 27.3. The van der Waals surface area contributed by atoms with Gasteiger partial charge in [-0.25, -0.2) is 0 Å². The molecule has 242 valence electrons. The van der Waals surface area contributed by atoms with E-state index in [0.717, 1.165) is 88.0 Å². The van der Waals surface area contributed by atoms with E-state index < -0.39 is 5.60 Å². The Morgan fingerprint density at radius 2 is 1.98 bits per heavy atom. The quantitative estimate of drug-likeness (QED) is 0.0761. The summed E-state index contributed by atoms with van der Waals surface area (Å²) < 4.78 is 12.8. The van der Waals surface area contributed by atoms with Crippen molar-refractivity contribution in [2.75, 3.05) is 6.54 Å².